The van der Waals surface area contributed by atoms with Gasteiger partial charge in [0, 0.05) is 0 Å². The molecule has 13 heavy (non-hydrogen) atoms. The van der Waals surface area contributed by atoms with Crippen LogP contribution < -0.4 is 5.73 Å². The van der Waals surface area contributed by atoms with E-state index in [1.165, 1.54) is 0 Å². The zero-order valence-corrected chi connectivity index (χ0v) is 8.80. The fraction of sp³-hybridized carbons (Fsp3) is 0.250. The second-order valence-electron chi connectivity index (χ2n) is 2.70. The molecule has 1 aliphatic rings. The third kappa shape index (κ3) is 3.17. The minimum absolute atomic E-state index is 0.217. The molecule has 4 N–H and O–H groups in total. The number of carboxylic acids is 1. The molecule has 71 valence electrons. The quantitative estimate of drug-likeness (QED) is 0.602. The number of aliphatic carboxylic acids is 1. The van der Waals surface area contributed by atoms with Gasteiger partial charge in [0.15, 0.2) is 0 Å². The summed E-state index contributed by atoms with van der Waals surface area (Å²) in [6.45, 7) is 0. The van der Waals surface area contributed by atoms with Crippen LogP contribution in [0.5, 0.6) is 0 Å². The van der Waals surface area contributed by atoms with Crippen LogP contribution in [0.25, 0.3) is 0 Å². The van der Waals surface area contributed by atoms with Crippen molar-refractivity contribution in [2.24, 2.45) is 5.73 Å². The minimum atomic E-state index is -1.39. The average molecular weight is 244 g/mol. The Kier molecular flexibility index (Phi) is 3.46. The third-order valence-electron chi connectivity index (χ3n) is 1.60. The van der Waals surface area contributed by atoms with E-state index in [9.17, 15) is 4.79 Å². The molecule has 0 saturated carbocycles. The molecule has 0 aliphatic carbocycles. The number of hydrogen-bond donors (Lipinski definition) is 3. The molecule has 1 radical (unpaired) electrons. The molecule has 1 aliphatic heterocycles. The van der Waals surface area contributed by atoms with Gasteiger partial charge in [-0.05, 0) is 0 Å². The normalized spacial score (nSPS) is 20.4. The van der Waals surface area contributed by atoms with Crippen molar-refractivity contribution in [3.63, 3.8) is 0 Å². The number of nitrogens with two attached hydrogens (primary N) is 1. The summed E-state index contributed by atoms with van der Waals surface area (Å²) >= 11 is -1.39. The molecule has 0 aromatic carbocycles. The molecule has 0 fully saturated rings. The van der Waals surface area contributed by atoms with Crippen LogP contribution in [0.15, 0.2) is 22.8 Å². The number of hydrogen-bond acceptors (Lipinski definition) is 3. The van der Waals surface area contributed by atoms with E-state index < -0.39 is 26.2 Å². The van der Waals surface area contributed by atoms with Gasteiger partial charge < -0.3 is 0 Å². The molecule has 0 bridgehead atoms. The SMILES string of the molecule is NC(C[As]1=CC=C(O)C=C1)C(=O)O. The molecule has 0 saturated heterocycles. The topological polar surface area (TPSA) is 83.5 Å². The summed E-state index contributed by atoms with van der Waals surface area (Å²) in [6, 6.07) is -0.783. The molecule has 1 rings (SSSR count). The van der Waals surface area contributed by atoms with E-state index in [1.54, 1.807) is 12.2 Å². The van der Waals surface area contributed by atoms with Crippen LogP contribution in [0, 0.1) is 0 Å². The second kappa shape index (κ2) is 4.40. The first kappa shape index (κ1) is 10.2. The zero-order chi connectivity index (χ0) is 9.84. The van der Waals surface area contributed by atoms with Crippen LogP contribution in [0.4, 0.5) is 0 Å². The molecule has 0 aromatic rings. The molecule has 5 heteroatoms. The predicted octanol–water partition coefficient (Wildman–Crippen LogP) is -0.172. The van der Waals surface area contributed by atoms with Crippen LogP contribution >= 0.6 is 0 Å². The van der Waals surface area contributed by atoms with Crippen molar-refractivity contribution in [3.05, 3.63) is 22.8 Å². The Labute approximate surface area is 80.2 Å². The maximum atomic E-state index is 10.4. The van der Waals surface area contributed by atoms with E-state index in [1.807, 2.05) is 9.67 Å². The summed E-state index contributed by atoms with van der Waals surface area (Å²) in [5.74, 6) is -0.746. The van der Waals surface area contributed by atoms with Crippen molar-refractivity contribution in [3.8, 4) is 0 Å². The van der Waals surface area contributed by atoms with Gasteiger partial charge in [-0.3, -0.25) is 0 Å². The summed E-state index contributed by atoms with van der Waals surface area (Å²) in [5.41, 5.74) is 5.38. The van der Waals surface area contributed by atoms with Gasteiger partial charge in [-0.2, -0.15) is 0 Å². The number of carboxylic acid groups (broad SMARTS) is 1. The van der Waals surface area contributed by atoms with E-state index in [-0.39, 0.29) is 5.76 Å². The molecular weight excluding hydrogens is 233 g/mol. The molecule has 1 heterocycles. The van der Waals surface area contributed by atoms with Gasteiger partial charge in [0.1, 0.15) is 0 Å². The molecule has 0 spiro atoms. The van der Waals surface area contributed by atoms with Crippen molar-refractivity contribution in [2.45, 2.75) is 11.3 Å². The van der Waals surface area contributed by atoms with Gasteiger partial charge in [-0.25, -0.2) is 0 Å². The van der Waals surface area contributed by atoms with E-state index in [4.69, 9.17) is 15.9 Å². The first-order valence-electron chi connectivity index (χ1n) is 3.76. The monoisotopic (exact) mass is 244 g/mol. The van der Waals surface area contributed by atoms with Crippen molar-refractivity contribution in [1.82, 2.24) is 0 Å². The van der Waals surface area contributed by atoms with Gasteiger partial charge in [-0.15, -0.1) is 0 Å². The summed E-state index contributed by atoms with van der Waals surface area (Å²) < 4.78 is 0. The van der Waals surface area contributed by atoms with Crippen molar-refractivity contribution in [2.75, 3.05) is 0 Å². The molecule has 2 atom stereocenters. The number of aliphatic hydroxyl groups excluding tert-OH is 1. The molecule has 4 nitrogen and oxygen atoms in total. The van der Waals surface area contributed by atoms with Crippen molar-refractivity contribution >= 4 is 25.0 Å². The molecular formula is C8H11AsNO3. The number of aliphatic hydroxyl groups is 1. The van der Waals surface area contributed by atoms with E-state index >= 15 is 0 Å². The van der Waals surface area contributed by atoms with E-state index in [0.29, 0.717) is 5.21 Å². The first-order valence-corrected chi connectivity index (χ1v) is 7.25. The summed E-state index contributed by atoms with van der Waals surface area (Å²) in [7, 11) is 0. The average Bonchev–Trinajstić information content (AvgIpc) is 2.08. The fourth-order valence-corrected chi connectivity index (χ4v) is 4.32. The zero-order valence-electron chi connectivity index (χ0n) is 6.92. The third-order valence-corrected chi connectivity index (χ3v) is 5.54. The Morgan fingerprint density at radius 3 is 2.85 bits per heavy atom. The number of rotatable bonds is 3. The van der Waals surface area contributed by atoms with E-state index in [0.717, 1.165) is 0 Å². The Morgan fingerprint density at radius 2 is 2.38 bits per heavy atom. The second-order valence-corrected chi connectivity index (χ2v) is 6.87. The van der Waals surface area contributed by atoms with Gasteiger partial charge in [-0.1, -0.05) is 0 Å². The van der Waals surface area contributed by atoms with Gasteiger partial charge >= 0.3 is 79.8 Å². The Balaban J connectivity index is 2.58. The molecule has 0 amide bonds. The fourth-order valence-electron chi connectivity index (χ4n) is 0.876. The van der Waals surface area contributed by atoms with Gasteiger partial charge in [0.2, 0.25) is 0 Å². The maximum absolute atomic E-state index is 10.4. The number of carbonyl (C=O) groups is 1. The van der Waals surface area contributed by atoms with Gasteiger partial charge in [0.05, 0.1) is 0 Å². The van der Waals surface area contributed by atoms with Crippen LogP contribution in [0.3, 0.4) is 0 Å². The summed E-state index contributed by atoms with van der Waals surface area (Å²) in [5, 5.41) is 18.1. The summed E-state index contributed by atoms with van der Waals surface area (Å²) in [6.07, 6.45) is 3.21. The van der Waals surface area contributed by atoms with Crippen LogP contribution in [-0.2, 0) is 4.79 Å². The standard InChI is InChI=1S/C8H11AsNO3/c10-7(8(12)13)5-9-3-1-6(11)2-4-9/h1-4,7,11H,5,10H2,(H,12,13). The Bertz CT molecular complexity index is 307. The number of allylic oxidation sites excluding steroid dienone is 2. The molecule has 0 aromatic heterocycles. The molecule has 2 unspecified atom stereocenters. The van der Waals surface area contributed by atoms with E-state index in [2.05, 4.69) is 0 Å². The predicted molar refractivity (Wildman–Crippen MR) is 52.1 cm³/mol. The first-order chi connectivity index (χ1) is 6.09. The van der Waals surface area contributed by atoms with Crippen LogP contribution in [-0.4, -0.2) is 41.2 Å². The summed E-state index contributed by atoms with van der Waals surface area (Å²) in [4.78, 5) is 14.2. The Morgan fingerprint density at radius 1 is 1.69 bits per heavy atom. The van der Waals surface area contributed by atoms with Crippen LogP contribution in [0.1, 0.15) is 0 Å². The Hall–Kier alpha value is -0.862. The van der Waals surface area contributed by atoms with Gasteiger partial charge in [0.25, 0.3) is 0 Å². The van der Waals surface area contributed by atoms with Crippen LogP contribution in [0.2, 0.25) is 5.21 Å². The van der Waals surface area contributed by atoms with Crippen molar-refractivity contribution in [1.29, 1.82) is 0 Å². The van der Waals surface area contributed by atoms with Crippen molar-refractivity contribution < 1.29 is 15.0 Å².